The van der Waals surface area contributed by atoms with Crippen molar-refractivity contribution in [2.45, 2.75) is 56.4 Å². The highest BCUT2D eigenvalue weighted by Crippen LogP contribution is 2.55. The lowest BCUT2D eigenvalue weighted by Crippen LogP contribution is -2.58. The van der Waals surface area contributed by atoms with Gasteiger partial charge in [0.1, 0.15) is 0 Å². The van der Waals surface area contributed by atoms with Crippen LogP contribution in [0.4, 0.5) is 0 Å². The van der Waals surface area contributed by atoms with Gasteiger partial charge < -0.3 is 9.47 Å². The third-order valence-electron chi connectivity index (χ3n) is 6.02. The zero-order valence-corrected chi connectivity index (χ0v) is 18.8. The number of ether oxygens (including phenoxy) is 2. The lowest BCUT2D eigenvalue weighted by Gasteiger charge is -2.53. The normalized spacial score (nSPS) is 36.3. The van der Waals surface area contributed by atoms with E-state index < -0.39 is 24.7 Å². The molecule has 2 fully saturated rings. The van der Waals surface area contributed by atoms with Gasteiger partial charge in [0.2, 0.25) is 5.79 Å². The summed E-state index contributed by atoms with van der Waals surface area (Å²) < 4.78 is 26.9. The minimum atomic E-state index is -2.89. The third kappa shape index (κ3) is 4.57. The van der Waals surface area contributed by atoms with Crippen molar-refractivity contribution in [1.82, 2.24) is 0 Å². The van der Waals surface area contributed by atoms with Crippen LogP contribution >= 0.6 is 31.5 Å². The van der Waals surface area contributed by atoms with E-state index in [9.17, 15) is 4.57 Å². The number of hydrogen-bond acceptors (Lipinski definition) is 4. The molecule has 0 amide bonds. The molecule has 1 aromatic rings. The number of rotatable bonds is 5. The fourth-order valence-corrected chi connectivity index (χ4v) is 5.64. The molecule has 1 aliphatic heterocycles. The van der Waals surface area contributed by atoms with Gasteiger partial charge in [-0.1, -0.05) is 80.7 Å². The number of hydrogen-bond donors (Lipinski definition) is 1. The average Bonchev–Trinajstić information content (AvgIpc) is 2.63. The first-order valence-corrected chi connectivity index (χ1v) is 11.6. The van der Waals surface area contributed by atoms with E-state index >= 15 is 0 Å². The summed E-state index contributed by atoms with van der Waals surface area (Å²) in [5.74, 6) is 0.224. The molecule has 5 nitrogen and oxygen atoms in total. The van der Waals surface area contributed by atoms with E-state index in [4.69, 9.17) is 42.1 Å². The molecule has 0 aromatic heterocycles. The summed E-state index contributed by atoms with van der Waals surface area (Å²) in [5.41, 5.74) is 0.845. The van der Waals surface area contributed by atoms with E-state index in [0.29, 0.717) is 17.8 Å². The summed E-state index contributed by atoms with van der Waals surface area (Å²) in [5, 5.41) is 0. The second-order valence-corrected chi connectivity index (χ2v) is 10.3. The fraction of sp³-hybridized carbons (Fsp3) is 0.700. The standard InChI is InChI=1S/C20H27Cl2O5P/c1-13(2)16-10-9-14(3)11-17(16)19(15-7-5-4-6-8-15)25-12-18(26-28(23)24)20(21,22)27-19/h4-8,13-14,16-18H,9-12H2,1-3H3/p+1/t14?,16?,17?,18-,19-/m1/s1. The molecule has 2 aliphatic rings. The molecular formula is C20H28Cl2O5P+. The predicted octanol–water partition coefficient (Wildman–Crippen LogP) is 5.76. The zero-order chi connectivity index (χ0) is 20.5. The molecular weight excluding hydrogens is 422 g/mol. The summed E-state index contributed by atoms with van der Waals surface area (Å²) in [6, 6.07) is 9.69. The Labute approximate surface area is 177 Å². The first kappa shape index (κ1) is 22.4. The van der Waals surface area contributed by atoms with Crippen LogP contribution in [0.5, 0.6) is 0 Å². The highest BCUT2D eigenvalue weighted by Gasteiger charge is 2.60. The van der Waals surface area contributed by atoms with Gasteiger partial charge >= 0.3 is 8.25 Å². The van der Waals surface area contributed by atoms with Gasteiger partial charge in [0, 0.05) is 16.0 Å². The molecule has 1 heterocycles. The van der Waals surface area contributed by atoms with Crippen LogP contribution in [0.2, 0.25) is 0 Å². The van der Waals surface area contributed by atoms with Gasteiger partial charge in [-0.2, -0.15) is 0 Å². The molecule has 0 spiro atoms. The first-order chi connectivity index (χ1) is 13.2. The van der Waals surface area contributed by atoms with Crippen molar-refractivity contribution in [3.63, 3.8) is 0 Å². The maximum atomic E-state index is 11.2. The van der Waals surface area contributed by atoms with Crippen LogP contribution in [0.1, 0.15) is 45.6 Å². The zero-order valence-electron chi connectivity index (χ0n) is 16.4. The number of alkyl halides is 2. The van der Waals surface area contributed by atoms with Crippen molar-refractivity contribution < 1.29 is 23.5 Å². The lowest BCUT2D eigenvalue weighted by atomic mass is 9.65. The molecule has 0 bridgehead atoms. The predicted molar refractivity (Wildman–Crippen MR) is 109 cm³/mol. The van der Waals surface area contributed by atoms with Crippen molar-refractivity contribution in [3.05, 3.63) is 35.9 Å². The molecule has 6 atom stereocenters. The molecule has 1 saturated carbocycles. The Morgan fingerprint density at radius 1 is 1.25 bits per heavy atom. The number of halogens is 2. The van der Waals surface area contributed by atoms with E-state index in [1.54, 1.807) is 0 Å². The Kier molecular flexibility index (Phi) is 7.09. The monoisotopic (exact) mass is 449 g/mol. The van der Waals surface area contributed by atoms with Crippen LogP contribution < -0.4 is 0 Å². The SMILES string of the molecule is CC1CCC(C(C)C)C([C@]2(c3ccccc3)OC[C@@H](O[P+](=O)O)C(Cl)(Cl)O2)C1. The van der Waals surface area contributed by atoms with Crippen molar-refractivity contribution >= 4 is 31.5 Å². The average molecular weight is 450 g/mol. The second kappa shape index (κ2) is 8.85. The summed E-state index contributed by atoms with van der Waals surface area (Å²) in [6.07, 6.45) is 2.08. The van der Waals surface area contributed by atoms with Crippen molar-refractivity contribution in [2.75, 3.05) is 6.61 Å². The van der Waals surface area contributed by atoms with Gasteiger partial charge in [-0.15, -0.1) is 9.42 Å². The van der Waals surface area contributed by atoms with E-state index in [-0.39, 0.29) is 12.5 Å². The van der Waals surface area contributed by atoms with E-state index in [1.807, 2.05) is 30.3 Å². The van der Waals surface area contributed by atoms with Gasteiger partial charge in [-0.25, -0.2) is 0 Å². The topological polar surface area (TPSA) is 65.0 Å². The Morgan fingerprint density at radius 2 is 1.93 bits per heavy atom. The molecule has 156 valence electrons. The van der Waals surface area contributed by atoms with Gasteiger partial charge in [-0.3, -0.25) is 0 Å². The molecule has 4 unspecified atom stereocenters. The Bertz CT molecular complexity index is 686. The smallest absolute Gasteiger partial charge is 0.342 e. The highest BCUT2D eigenvalue weighted by molar-refractivity contribution is 7.32. The molecule has 1 N–H and O–H groups in total. The molecule has 8 heteroatoms. The van der Waals surface area contributed by atoms with Crippen molar-refractivity contribution in [1.29, 1.82) is 0 Å². The third-order valence-corrected chi connectivity index (χ3v) is 7.09. The Balaban J connectivity index is 2.04. The van der Waals surface area contributed by atoms with Crippen LogP contribution in [0.3, 0.4) is 0 Å². The quantitative estimate of drug-likeness (QED) is 0.457. The van der Waals surface area contributed by atoms with Crippen LogP contribution in [0.15, 0.2) is 30.3 Å². The van der Waals surface area contributed by atoms with Crippen molar-refractivity contribution in [2.24, 2.45) is 23.7 Å². The van der Waals surface area contributed by atoms with E-state index in [1.165, 1.54) is 0 Å². The Morgan fingerprint density at radius 3 is 2.50 bits per heavy atom. The molecule has 1 aromatic carbocycles. The molecule has 1 aliphatic carbocycles. The van der Waals surface area contributed by atoms with Crippen LogP contribution in [0.25, 0.3) is 0 Å². The second-order valence-electron chi connectivity index (χ2n) is 8.27. The van der Waals surface area contributed by atoms with Crippen molar-refractivity contribution in [3.8, 4) is 0 Å². The fourth-order valence-electron chi connectivity index (χ4n) is 4.64. The van der Waals surface area contributed by atoms with E-state index in [2.05, 4.69) is 20.8 Å². The van der Waals surface area contributed by atoms with Gasteiger partial charge in [0.05, 0.1) is 6.61 Å². The molecule has 28 heavy (non-hydrogen) atoms. The molecule has 1 saturated heterocycles. The van der Waals surface area contributed by atoms with Crippen LogP contribution in [-0.2, 0) is 24.3 Å². The lowest BCUT2D eigenvalue weighted by molar-refractivity contribution is -0.355. The van der Waals surface area contributed by atoms with E-state index in [0.717, 1.165) is 24.8 Å². The maximum absolute atomic E-state index is 11.2. The molecule has 3 rings (SSSR count). The van der Waals surface area contributed by atoms with Crippen LogP contribution in [0, 0.1) is 23.7 Å². The minimum Gasteiger partial charge on any atom is -0.342 e. The van der Waals surface area contributed by atoms with Crippen LogP contribution in [-0.4, -0.2) is 22.1 Å². The largest absolute Gasteiger partial charge is 0.695 e. The number of benzene rings is 1. The van der Waals surface area contributed by atoms with Gasteiger partial charge in [0.15, 0.2) is 6.10 Å². The van der Waals surface area contributed by atoms with Gasteiger partial charge in [-0.05, 0) is 30.6 Å². The highest BCUT2D eigenvalue weighted by atomic mass is 35.5. The summed E-state index contributed by atoms with van der Waals surface area (Å²) in [6.45, 7) is 6.62. The Hall–Kier alpha value is -0.260. The first-order valence-electron chi connectivity index (χ1n) is 9.76. The molecule has 0 radical (unpaired) electrons. The van der Waals surface area contributed by atoms with Gasteiger partial charge in [0.25, 0.3) is 4.52 Å². The summed E-state index contributed by atoms with van der Waals surface area (Å²) in [4.78, 5) is 9.14. The maximum Gasteiger partial charge on any atom is 0.695 e. The summed E-state index contributed by atoms with van der Waals surface area (Å²) in [7, 11) is -2.89. The minimum absolute atomic E-state index is 0.0411. The summed E-state index contributed by atoms with van der Waals surface area (Å²) >= 11 is 13.0.